The highest BCUT2D eigenvalue weighted by Crippen LogP contribution is 2.41. The van der Waals surface area contributed by atoms with E-state index in [0.29, 0.717) is 4.57 Å². The Bertz CT molecular complexity index is 1010. The zero-order valence-corrected chi connectivity index (χ0v) is 14.4. The second-order valence-electron chi connectivity index (χ2n) is 6.00. The van der Waals surface area contributed by atoms with Gasteiger partial charge >= 0.3 is 17.6 Å². The Morgan fingerprint density at radius 1 is 1.24 bits per heavy atom. The average Bonchev–Trinajstić information content (AvgIpc) is 2.91. The van der Waals surface area contributed by atoms with Gasteiger partial charge in [0.05, 0.1) is 6.61 Å². The molecule has 0 aliphatic carbocycles. The third kappa shape index (κ3) is 3.83. The van der Waals surface area contributed by atoms with Crippen LogP contribution in [0, 0.1) is 0 Å². The van der Waals surface area contributed by atoms with Gasteiger partial charge in [-0.25, -0.2) is 14.6 Å². The van der Waals surface area contributed by atoms with Crippen molar-refractivity contribution >= 4 is 17.7 Å². The van der Waals surface area contributed by atoms with Crippen molar-refractivity contribution in [2.45, 2.75) is 24.4 Å². The quantitative estimate of drug-likeness (QED) is 0.505. The first kappa shape index (κ1) is 20.4. The highest BCUT2D eigenvalue weighted by Gasteiger charge is 2.59. The molecule has 2 aromatic heterocycles. The van der Waals surface area contributed by atoms with Crippen LogP contribution >= 0.6 is 0 Å². The molecule has 0 saturated carbocycles. The Kier molecular flexibility index (Phi) is 5.37. The van der Waals surface area contributed by atoms with Gasteiger partial charge in [-0.05, 0) is 18.2 Å². The number of halogens is 2. The van der Waals surface area contributed by atoms with E-state index in [4.69, 9.17) is 14.9 Å². The molecule has 0 bridgehead atoms. The van der Waals surface area contributed by atoms with E-state index in [1.807, 2.05) is 0 Å². The number of anilines is 1. The molecule has 1 saturated heterocycles. The molecule has 3 atom stereocenters. The van der Waals surface area contributed by atoms with E-state index in [1.165, 1.54) is 18.2 Å². The molecular weight excluding hydrogens is 398 g/mol. The van der Waals surface area contributed by atoms with Crippen molar-refractivity contribution in [1.82, 2.24) is 14.5 Å². The summed E-state index contributed by atoms with van der Waals surface area (Å²) in [6.45, 7) is -0.883. The third-order valence-corrected chi connectivity index (χ3v) is 4.08. The predicted octanol–water partition coefficient (Wildman–Crippen LogP) is -0.525. The van der Waals surface area contributed by atoms with Crippen LogP contribution in [0.3, 0.4) is 0 Å². The lowest BCUT2D eigenvalue weighted by Crippen LogP contribution is -2.41. The van der Waals surface area contributed by atoms with E-state index < -0.39 is 48.5 Å². The number of aliphatic hydroxyl groups is 2. The summed E-state index contributed by atoms with van der Waals surface area (Å²) in [5.74, 6) is -6.40. The lowest BCUT2D eigenvalue weighted by Gasteiger charge is -2.21. The number of carboxylic acids is 1. The van der Waals surface area contributed by atoms with Gasteiger partial charge in [0.2, 0.25) is 6.23 Å². The first-order valence-corrected chi connectivity index (χ1v) is 8.08. The van der Waals surface area contributed by atoms with Gasteiger partial charge in [-0.3, -0.25) is 9.36 Å². The summed E-state index contributed by atoms with van der Waals surface area (Å²) in [7, 11) is 0. The van der Waals surface area contributed by atoms with E-state index in [9.17, 15) is 28.3 Å². The van der Waals surface area contributed by atoms with Crippen LogP contribution in [-0.4, -0.2) is 66.5 Å². The summed E-state index contributed by atoms with van der Waals surface area (Å²) < 4.78 is 33.5. The zero-order chi connectivity index (χ0) is 21.3. The second kappa shape index (κ2) is 7.62. The van der Waals surface area contributed by atoms with Crippen molar-refractivity contribution in [3.8, 4) is 0 Å². The molecule has 154 valence electrons. The predicted molar refractivity (Wildman–Crippen MR) is 89.6 cm³/mol. The van der Waals surface area contributed by atoms with E-state index >= 15 is 0 Å². The number of nitrogens with one attached hydrogen (secondary N) is 1. The van der Waals surface area contributed by atoms with Crippen molar-refractivity contribution in [1.29, 1.82) is 0 Å². The minimum Gasteiger partial charge on any atom is -0.477 e. The fraction of sp³-hybridized carbons (Fsp3) is 0.312. The lowest BCUT2D eigenvalue weighted by atomic mass is 10.1. The summed E-state index contributed by atoms with van der Waals surface area (Å²) in [4.78, 5) is 42.3. The molecule has 11 nitrogen and oxygen atoms in total. The average molecular weight is 412 g/mol. The Hall–Kier alpha value is -3.29. The van der Waals surface area contributed by atoms with E-state index in [0.717, 1.165) is 12.3 Å². The molecule has 3 rings (SSSR count). The number of rotatable bonds is 5. The molecule has 1 aliphatic heterocycles. The SMILES string of the molecule is O=C(O)c1cccc(C(=O)Nc2ccn([C@@H]3O[C@H](CO)[C@@H](O)C3(F)F)c(=O)n2)n1. The van der Waals surface area contributed by atoms with Crippen molar-refractivity contribution < 1.29 is 38.4 Å². The molecule has 3 heterocycles. The van der Waals surface area contributed by atoms with Gasteiger partial charge in [0, 0.05) is 6.20 Å². The molecule has 0 aromatic carbocycles. The van der Waals surface area contributed by atoms with Crippen LogP contribution in [0.15, 0.2) is 35.3 Å². The molecule has 1 fully saturated rings. The van der Waals surface area contributed by atoms with Gasteiger partial charge in [0.1, 0.15) is 23.3 Å². The van der Waals surface area contributed by atoms with E-state index in [1.54, 1.807) is 0 Å². The number of nitrogens with zero attached hydrogens (tertiary/aromatic N) is 3. The fourth-order valence-corrected chi connectivity index (χ4v) is 2.64. The number of hydrogen-bond donors (Lipinski definition) is 4. The maximum atomic E-state index is 14.1. The smallest absolute Gasteiger partial charge is 0.354 e. The largest absolute Gasteiger partial charge is 0.477 e. The van der Waals surface area contributed by atoms with Gasteiger partial charge in [0.15, 0.2) is 6.10 Å². The van der Waals surface area contributed by atoms with Crippen molar-refractivity contribution in [2.24, 2.45) is 0 Å². The number of hydrogen-bond acceptors (Lipinski definition) is 8. The van der Waals surface area contributed by atoms with Gasteiger partial charge < -0.3 is 25.4 Å². The molecule has 2 aromatic rings. The van der Waals surface area contributed by atoms with E-state index in [-0.39, 0.29) is 17.2 Å². The number of aromatic carboxylic acids is 1. The van der Waals surface area contributed by atoms with Crippen molar-refractivity contribution in [3.05, 3.63) is 52.3 Å². The van der Waals surface area contributed by atoms with Gasteiger partial charge in [-0.15, -0.1) is 0 Å². The molecule has 1 aliphatic rings. The molecule has 0 radical (unpaired) electrons. The molecule has 13 heteroatoms. The Morgan fingerprint density at radius 2 is 1.93 bits per heavy atom. The van der Waals surface area contributed by atoms with Crippen LogP contribution in [-0.2, 0) is 4.74 Å². The van der Waals surface area contributed by atoms with Crippen LogP contribution in [0.5, 0.6) is 0 Å². The number of carbonyl (C=O) groups excluding carboxylic acids is 1. The number of ether oxygens (including phenoxy) is 1. The number of amides is 1. The van der Waals surface area contributed by atoms with Crippen molar-refractivity contribution in [3.63, 3.8) is 0 Å². The van der Waals surface area contributed by atoms with Gasteiger partial charge in [-0.1, -0.05) is 6.07 Å². The first-order chi connectivity index (χ1) is 13.6. The van der Waals surface area contributed by atoms with Gasteiger partial charge in [0.25, 0.3) is 5.91 Å². The highest BCUT2D eigenvalue weighted by molar-refractivity contribution is 6.02. The second-order valence-corrected chi connectivity index (χ2v) is 6.00. The molecule has 1 amide bonds. The van der Waals surface area contributed by atoms with Crippen LogP contribution in [0.2, 0.25) is 0 Å². The highest BCUT2D eigenvalue weighted by atomic mass is 19.3. The Balaban J connectivity index is 1.82. The number of pyridine rings is 1. The third-order valence-electron chi connectivity index (χ3n) is 4.08. The molecule has 4 N–H and O–H groups in total. The maximum Gasteiger partial charge on any atom is 0.354 e. The maximum absolute atomic E-state index is 14.1. The number of aliphatic hydroxyl groups excluding tert-OH is 2. The molecule has 0 spiro atoms. The summed E-state index contributed by atoms with van der Waals surface area (Å²) in [6, 6.07) is 4.72. The zero-order valence-electron chi connectivity index (χ0n) is 14.4. The first-order valence-electron chi connectivity index (χ1n) is 8.08. The Morgan fingerprint density at radius 3 is 2.52 bits per heavy atom. The van der Waals surface area contributed by atoms with Crippen LogP contribution in [0.25, 0.3) is 0 Å². The molecular formula is C16H14F2N4O7. The summed E-state index contributed by atoms with van der Waals surface area (Å²) >= 11 is 0. The Labute approximate surface area is 160 Å². The standard InChI is InChI=1S/C16H14F2N4O7/c17-16(18)11(24)9(6-23)29-14(16)22-5-4-10(21-15(22)28)20-12(25)7-2-1-3-8(19-7)13(26)27/h1-5,9,11,14,23-24H,6H2,(H,26,27)(H,20,21,25,28)/t9-,11-,14-/m1/s1. The minimum atomic E-state index is -3.87. The van der Waals surface area contributed by atoms with E-state index in [2.05, 4.69) is 15.3 Å². The van der Waals surface area contributed by atoms with Gasteiger partial charge in [-0.2, -0.15) is 13.8 Å². The van der Waals surface area contributed by atoms with Crippen LogP contribution in [0.4, 0.5) is 14.6 Å². The number of aromatic nitrogens is 3. The lowest BCUT2D eigenvalue weighted by molar-refractivity contribution is -0.140. The number of carbonyl (C=O) groups is 2. The molecule has 0 unspecified atom stereocenters. The van der Waals surface area contributed by atoms with Crippen molar-refractivity contribution in [2.75, 3.05) is 11.9 Å². The summed E-state index contributed by atoms with van der Waals surface area (Å²) in [5, 5.41) is 29.6. The monoisotopic (exact) mass is 412 g/mol. The summed E-state index contributed by atoms with van der Waals surface area (Å²) in [6.07, 6.45) is -5.24. The molecule has 29 heavy (non-hydrogen) atoms. The fourth-order valence-electron chi connectivity index (χ4n) is 2.64. The van der Waals surface area contributed by atoms with Crippen LogP contribution in [0.1, 0.15) is 27.2 Å². The number of carboxylic acid groups (broad SMARTS) is 1. The normalized spacial score (nSPS) is 23.0. The minimum absolute atomic E-state index is 0.268. The number of alkyl halides is 2. The van der Waals surface area contributed by atoms with Crippen LogP contribution < -0.4 is 11.0 Å². The topological polar surface area (TPSA) is 164 Å². The summed E-state index contributed by atoms with van der Waals surface area (Å²) in [5.41, 5.74) is -1.86.